The van der Waals surface area contributed by atoms with E-state index in [-0.39, 0.29) is 24.8 Å². The molecule has 4 aromatic carbocycles. The Morgan fingerprint density at radius 2 is 1.05 bits per heavy atom. The number of hydrogen-bond donors (Lipinski definition) is 0. The zero-order chi connectivity index (χ0) is 26.4. The van der Waals surface area contributed by atoms with Crippen LogP contribution in [-0.2, 0) is 19.3 Å². The Balaban J connectivity index is 0.00000185. The van der Waals surface area contributed by atoms with Crippen molar-refractivity contribution in [3.63, 3.8) is 0 Å². The average molecular weight is 684 g/mol. The van der Waals surface area contributed by atoms with Crippen molar-refractivity contribution in [3.8, 4) is 11.1 Å². The number of benzene rings is 4. The third-order valence-corrected chi connectivity index (χ3v) is 21.0. The van der Waals surface area contributed by atoms with Gasteiger partial charge in [-0.2, -0.15) is 0 Å². The van der Waals surface area contributed by atoms with Crippen LogP contribution in [0.4, 0.5) is 0 Å². The number of allylic oxidation sites excluding steroid dienone is 4. The molecule has 0 N–H and O–H groups in total. The summed E-state index contributed by atoms with van der Waals surface area (Å²) in [5.41, 5.74) is 11.0. The Morgan fingerprint density at radius 3 is 1.45 bits per heavy atom. The minimum absolute atomic E-state index is 0. The van der Waals surface area contributed by atoms with Gasteiger partial charge in [0.1, 0.15) is 0 Å². The normalized spacial score (nSPS) is 15.1. The van der Waals surface area contributed by atoms with Crippen LogP contribution in [0.15, 0.2) is 118 Å². The maximum Gasteiger partial charge on any atom is -1.00 e. The predicted molar refractivity (Wildman–Crippen MR) is 163 cm³/mol. The summed E-state index contributed by atoms with van der Waals surface area (Å²) in [4.78, 5) is 0. The molecule has 202 valence electrons. The largest absolute Gasteiger partial charge is 1.00 e. The molecular formula is C35H30Cl4Zr. The summed E-state index contributed by atoms with van der Waals surface area (Å²) in [6, 6.07) is 34.9. The number of rotatable bonds is 4. The monoisotopic (exact) mass is 680 g/mol. The Kier molecular flexibility index (Phi) is 9.76. The molecular weight excluding hydrogens is 653 g/mol. The second-order valence-electron chi connectivity index (χ2n) is 10.6. The summed E-state index contributed by atoms with van der Waals surface area (Å²) in [7, 11) is 0. The van der Waals surface area contributed by atoms with Crippen molar-refractivity contribution in [1.82, 2.24) is 0 Å². The molecule has 0 spiro atoms. The van der Waals surface area contributed by atoms with Crippen molar-refractivity contribution >= 4 is 30.6 Å². The topological polar surface area (TPSA) is 0 Å². The predicted octanol–water partition coefficient (Wildman–Crippen LogP) is 3.80. The molecule has 0 heterocycles. The minimum Gasteiger partial charge on any atom is -1.00 e. The van der Waals surface area contributed by atoms with Gasteiger partial charge in [0, 0.05) is 0 Å². The van der Waals surface area contributed by atoms with E-state index in [1.54, 1.807) is 3.28 Å². The summed E-state index contributed by atoms with van der Waals surface area (Å²) in [5, 5.41) is 1.53. The summed E-state index contributed by atoms with van der Waals surface area (Å²) in [6.45, 7) is 7.00. The number of hydrogen-bond acceptors (Lipinski definition) is 0. The van der Waals surface area contributed by atoms with E-state index < -0.39 is 19.3 Å². The van der Waals surface area contributed by atoms with Gasteiger partial charge in [0.05, 0.1) is 0 Å². The third-order valence-electron chi connectivity index (χ3n) is 8.28. The molecule has 4 aromatic rings. The Morgan fingerprint density at radius 1 is 0.625 bits per heavy atom. The molecule has 40 heavy (non-hydrogen) atoms. The first-order chi connectivity index (χ1) is 18.4. The van der Waals surface area contributed by atoms with E-state index in [4.69, 9.17) is 23.2 Å². The summed E-state index contributed by atoms with van der Waals surface area (Å²) >= 11 is 8.95. The van der Waals surface area contributed by atoms with E-state index >= 15 is 0 Å². The summed E-state index contributed by atoms with van der Waals surface area (Å²) in [5.74, 6) is 0.387. The number of fused-ring (bicyclic) bond motifs is 3. The molecule has 0 amide bonds. The van der Waals surface area contributed by atoms with Crippen LogP contribution in [0.2, 0.25) is 10.0 Å². The van der Waals surface area contributed by atoms with Gasteiger partial charge in [0.25, 0.3) is 0 Å². The van der Waals surface area contributed by atoms with Crippen molar-refractivity contribution in [2.24, 2.45) is 5.92 Å². The zero-order valence-corrected chi connectivity index (χ0v) is 28.1. The van der Waals surface area contributed by atoms with Crippen LogP contribution >= 0.6 is 23.2 Å². The van der Waals surface area contributed by atoms with Crippen LogP contribution in [0.5, 0.6) is 0 Å². The first-order valence-corrected chi connectivity index (χ1v) is 19.4. The smallest absolute Gasteiger partial charge is 1.00 e. The van der Waals surface area contributed by atoms with Gasteiger partial charge in [-0.25, -0.2) is 0 Å². The average Bonchev–Trinajstić information content (AvgIpc) is 3.39. The van der Waals surface area contributed by atoms with Gasteiger partial charge in [-0.3, -0.25) is 0 Å². The molecule has 0 bridgehead atoms. The van der Waals surface area contributed by atoms with E-state index in [1.807, 2.05) is 24.3 Å². The molecule has 0 aromatic heterocycles. The SMILES string of the molecule is CC1=CC(C)[C]([Zr+2](=[CH]c2ccc(Cl)cc2)(=[CH]c2ccc(Cl)cc2)[CH]2c3ccccc3-c3ccccc32)=C1C.[Cl-].[Cl-]. The van der Waals surface area contributed by atoms with Crippen LogP contribution < -0.4 is 24.8 Å². The maximum absolute atomic E-state index is 6.35. The second kappa shape index (κ2) is 12.6. The Labute approximate surface area is 263 Å². The maximum atomic E-state index is 6.35. The minimum atomic E-state index is -3.74. The van der Waals surface area contributed by atoms with E-state index in [9.17, 15) is 0 Å². The zero-order valence-electron chi connectivity index (χ0n) is 22.6. The van der Waals surface area contributed by atoms with E-state index in [0.717, 1.165) is 10.0 Å². The van der Waals surface area contributed by atoms with E-state index in [2.05, 4.69) is 107 Å². The molecule has 0 radical (unpaired) electrons. The third kappa shape index (κ3) is 5.49. The summed E-state index contributed by atoms with van der Waals surface area (Å²) < 4.78 is 7.34. The van der Waals surface area contributed by atoms with Crippen molar-refractivity contribution in [3.05, 3.63) is 150 Å². The van der Waals surface area contributed by atoms with Gasteiger partial charge >= 0.3 is 241 Å². The van der Waals surface area contributed by atoms with Crippen molar-refractivity contribution in [1.29, 1.82) is 0 Å². The van der Waals surface area contributed by atoms with E-state index in [0.29, 0.717) is 9.54 Å². The van der Waals surface area contributed by atoms with Crippen LogP contribution in [0.3, 0.4) is 0 Å². The molecule has 5 heteroatoms. The number of halogens is 4. The molecule has 0 fully saturated rings. The molecule has 0 saturated heterocycles. The molecule has 0 nitrogen and oxygen atoms in total. The van der Waals surface area contributed by atoms with Gasteiger partial charge in [0.2, 0.25) is 0 Å². The fraction of sp³-hybridized carbons (Fsp3) is 0.143. The molecule has 1 atom stereocenters. The van der Waals surface area contributed by atoms with Gasteiger partial charge in [-0.15, -0.1) is 0 Å². The van der Waals surface area contributed by atoms with Crippen molar-refractivity contribution < 1.29 is 44.1 Å². The molecule has 2 aliphatic rings. The van der Waals surface area contributed by atoms with E-state index in [1.165, 1.54) is 44.5 Å². The first kappa shape index (κ1) is 31.1. The molecule has 6 rings (SSSR count). The fourth-order valence-corrected chi connectivity index (χ4v) is 21.2. The Bertz CT molecular complexity index is 1630. The van der Waals surface area contributed by atoms with Crippen LogP contribution in [-0.4, -0.2) is 7.42 Å². The Hall–Kier alpha value is -1.86. The van der Waals surface area contributed by atoms with Gasteiger partial charge in [-0.05, 0) is 0 Å². The van der Waals surface area contributed by atoms with Crippen LogP contribution in [0, 0.1) is 5.92 Å². The quantitative estimate of drug-likeness (QED) is 0.308. The van der Waals surface area contributed by atoms with Gasteiger partial charge in [-0.1, -0.05) is 0 Å². The van der Waals surface area contributed by atoms with Crippen LogP contribution in [0.1, 0.15) is 46.7 Å². The summed E-state index contributed by atoms with van der Waals surface area (Å²) in [6.07, 6.45) is 2.47. The van der Waals surface area contributed by atoms with Crippen molar-refractivity contribution in [2.75, 3.05) is 0 Å². The van der Waals surface area contributed by atoms with Crippen molar-refractivity contribution in [2.45, 2.75) is 24.4 Å². The second-order valence-corrected chi connectivity index (χ2v) is 20.2. The fourth-order valence-electron chi connectivity index (χ4n) is 6.72. The van der Waals surface area contributed by atoms with Gasteiger partial charge < -0.3 is 24.8 Å². The molecule has 1 unspecified atom stereocenters. The standard InChI is InChI=1S/C13H9.C8H11.2C7H5Cl.2ClH.Zr/c1-3-7-12-10(5-1)9-11-6-2-4-8-13(11)12;1-6-4-7(2)8(3)5-6;2*1-6-2-4-7(8)5-3-6;;;/h1-9H;4,6H,1-3H3;2*1-5H;2*1H;/q;;;;;;+2/p-2. The van der Waals surface area contributed by atoms with Crippen LogP contribution in [0.25, 0.3) is 11.1 Å². The van der Waals surface area contributed by atoms with Gasteiger partial charge in [0.15, 0.2) is 0 Å². The molecule has 2 aliphatic carbocycles. The molecule has 0 saturated carbocycles. The first-order valence-electron chi connectivity index (χ1n) is 13.2. The molecule has 0 aliphatic heterocycles.